The number of para-hydroxylation sites is 1. The van der Waals surface area contributed by atoms with Gasteiger partial charge >= 0.3 is 0 Å². The van der Waals surface area contributed by atoms with Gasteiger partial charge in [0.05, 0.1) is 5.56 Å². The smallest absolute Gasteiger partial charge is 0.258 e. The molecule has 3 aromatic rings. The molecule has 0 saturated heterocycles. The molecule has 1 amide bonds. The van der Waals surface area contributed by atoms with Crippen LogP contribution in [0.25, 0.3) is 0 Å². The molecule has 3 rings (SSSR count). The molecule has 0 bridgehead atoms. The Morgan fingerprint density at radius 1 is 1.00 bits per heavy atom. The van der Waals surface area contributed by atoms with Crippen LogP contribution in [0.5, 0.6) is 0 Å². The van der Waals surface area contributed by atoms with E-state index in [1.54, 1.807) is 18.2 Å². The highest BCUT2D eigenvalue weighted by molar-refractivity contribution is 6.04. The number of rotatable bonds is 5. The molecular formula is C20H19FN4O. The van der Waals surface area contributed by atoms with Gasteiger partial charge in [0.15, 0.2) is 0 Å². The number of amides is 1. The third kappa shape index (κ3) is 4.03. The lowest BCUT2D eigenvalue weighted by Crippen LogP contribution is -2.15. The first-order valence-electron chi connectivity index (χ1n) is 8.21. The number of hydrogen-bond acceptors (Lipinski definition) is 4. The lowest BCUT2D eigenvalue weighted by atomic mass is 10.1. The number of nitrogens with one attached hydrogen (secondary N) is 2. The highest BCUT2D eigenvalue weighted by Gasteiger charge is 2.11. The van der Waals surface area contributed by atoms with Gasteiger partial charge in [0.1, 0.15) is 5.82 Å². The van der Waals surface area contributed by atoms with Crippen molar-refractivity contribution in [2.45, 2.75) is 20.4 Å². The topological polar surface area (TPSA) is 66.9 Å². The van der Waals surface area contributed by atoms with E-state index in [2.05, 4.69) is 20.6 Å². The molecule has 6 heteroatoms. The first kappa shape index (κ1) is 17.5. The summed E-state index contributed by atoms with van der Waals surface area (Å²) < 4.78 is 13.6. The molecule has 5 nitrogen and oxygen atoms in total. The first-order valence-corrected chi connectivity index (χ1v) is 8.21. The normalized spacial score (nSPS) is 10.4. The summed E-state index contributed by atoms with van der Waals surface area (Å²) in [6.07, 6.45) is 2.89. The van der Waals surface area contributed by atoms with Gasteiger partial charge in [0.2, 0.25) is 5.95 Å². The molecule has 0 radical (unpaired) electrons. The van der Waals surface area contributed by atoms with Crippen molar-refractivity contribution in [3.8, 4) is 0 Å². The average molecular weight is 350 g/mol. The van der Waals surface area contributed by atoms with Crippen molar-refractivity contribution < 1.29 is 9.18 Å². The zero-order valence-electron chi connectivity index (χ0n) is 14.6. The molecule has 26 heavy (non-hydrogen) atoms. The Bertz CT molecular complexity index is 905. The van der Waals surface area contributed by atoms with Gasteiger partial charge in [-0.2, -0.15) is 0 Å². The highest BCUT2D eigenvalue weighted by atomic mass is 19.1. The minimum atomic E-state index is -0.287. The Morgan fingerprint density at radius 2 is 1.65 bits per heavy atom. The second-order valence-corrected chi connectivity index (χ2v) is 5.96. The Kier molecular flexibility index (Phi) is 5.22. The van der Waals surface area contributed by atoms with E-state index in [1.165, 1.54) is 18.5 Å². The first-order chi connectivity index (χ1) is 12.5. The van der Waals surface area contributed by atoms with E-state index < -0.39 is 0 Å². The van der Waals surface area contributed by atoms with Crippen molar-refractivity contribution in [2.75, 3.05) is 10.6 Å². The van der Waals surface area contributed by atoms with Gasteiger partial charge in [-0.25, -0.2) is 14.4 Å². The zero-order valence-corrected chi connectivity index (χ0v) is 14.6. The number of hydrogen-bond donors (Lipinski definition) is 2. The Balaban J connectivity index is 1.65. The van der Waals surface area contributed by atoms with Crippen LogP contribution in [0, 0.1) is 19.7 Å². The van der Waals surface area contributed by atoms with Gasteiger partial charge < -0.3 is 10.6 Å². The van der Waals surface area contributed by atoms with Crippen LogP contribution in [0.2, 0.25) is 0 Å². The number of anilines is 2. The maximum atomic E-state index is 13.6. The number of nitrogens with zero attached hydrogens (tertiary/aromatic N) is 2. The summed E-state index contributed by atoms with van der Waals surface area (Å²) in [6, 6.07) is 12.3. The maximum absolute atomic E-state index is 13.6. The molecule has 0 fully saturated rings. The van der Waals surface area contributed by atoms with Crippen LogP contribution < -0.4 is 10.6 Å². The van der Waals surface area contributed by atoms with Crippen molar-refractivity contribution in [1.29, 1.82) is 0 Å². The summed E-state index contributed by atoms with van der Waals surface area (Å²) in [5.41, 5.74) is 3.64. The summed E-state index contributed by atoms with van der Waals surface area (Å²) in [7, 11) is 0. The van der Waals surface area contributed by atoms with Crippen molar-refractivity contribution in [3.05, 3.63) is 82.9 Å². The Labute approximate surface area is 151 Å². The molecule has 0 aliphatic rings. The summed E-state index contributed by atoms with van der Waals surface area (Å²) in [5.74, 6) is -0.232. The number of carbonyl (C=O) groups excluding carboxylic acids is 1. The van der Waals surface area contributed by atoms with Crippen LogP contribution in [0.1, 0.15) is 27.0 Å². The second kappa shape index (κ2) is 7.74. The largest absolute Gasteiger partial charge is 0.350 e. The van der Waals surface area contributed by atoms with Gasteiger partial charge in [-0.1, -0.05) is 36.4 Å². The van der Waals surface area contributed by atoms with E-state index >= 15 is 0 Å². The lowest BCUT2D eigenvalue weighted by molar-refractivity contribution is 0.102. The van der Waals surface area contributed by atoms with Gasteiger partial charge in [-0.05, 0) is 31.0 Å². The van der Waals surface area contributed by atoms with Crippen LogP contribution in [0.3, 0.4) is 0 Å². The summed E-state index contributed by atoms with van der Waals surface area (Å²) in [5, 5.41) is 5.83. The maximum Gasteiger partial charge on any atom is 0.258 e. The van der Waals surface area contributed by atoms with Gasteiger partial charge in [0, 0.05) is 30.2 Å². The highest BCUT2D eigenvalue weighted by Crippen LogP contribution is 2.20. The lowest BCUT2D eigenvalue weighted by Gasteiger charge is -2.11. The summed E-state index contributed by atoms with van der Waals surface area (Å²) in [6.45, 7) is 4.14. The average Bonchev–Trinajstić information content (AvgIpc) is 2.64. The van der Waals surface area contributed by atoms with E-state index in [9.17, 15) is 9.18 Å². The van der Waals surface area contributed by atoms with E-state index in [0.29, 0.717) is 17.1 Å². The molecule has 0 aliphatic heterocycles. The predicted octanol–water partition coefficient (Wildman–Crippen LogP) is 4.10. The monoisotopic (exact) mass is 350 g/mol. The fourth-order valence-corrected chi connectivity index (χ4v) is 2.55. The predicted molar refractivity (Wildman–Crippen MR) is 99.6 cm³/mol. The number of halogens is 1. The molecule has 2 N–H and O–H groups in total. The minimum Gasteiger partial charge on any atom is -0.350 e. The summed E-state index contributed by atoms with van der Waals surface area (Å²) in [4.78, 5) is 20.6. The molecule has 132 valence electrons. The molecule has 0 aliphatic carbocycles. The van der Waals surface area contributed by atoms with Gasteiger partial charge in [-0.3, -0.25) is 4.79 Å². The van der Waals surface area contributed by atoms with E-state index in [1.807, 2.05) is 32.0 Å². The molecule has 0 atom stereocenters. The van der Waals surface area contributed by atoms with Crippen molar-refractivity contribution in [2.24, 2.45) is 0 Å². The molecule has 0 saturated carbocycles. The second-order valence-electron chi connectivity index (χ2n) is 5.96. The number of aryl methyl sites for hydroxylation is 2. The molecule has 0 unspecified atom stereocenters. The molecular weight excluding hydrogens is 331 g/mol. The SMILES string of the molecule is Cc1cccc(C)c1NC(=O)c1cnc(NCc2ccccc2F)nc1. The molecule has 1 aromatic heterocycles. The van der Waals surface area contributed by atoms with Crippen LogP contribution in [-0.4, -0.2) is 15.9 Å². The standard InChI is InChI=1S/C20H19FN4O/c1-13-6-5-7-14(2)18(13)25-19(26)16-11-23-20(24-12-16)22-10-15-8-3-4-9-17(15)21/h3-9,11-12H,10H2,1-2H3,(H,25,26)(H,22,23,24). The third-order valence-corrected chi connectivity index (χ3v) is 4.03. The van der Waals surface area contributed by atoms with Gasteiger partial charge in [0.25, 0.3) is 5.91 Å². The Hall–Kier alpha value is -3.28. The quantitative estimate of drug-likeness (QED) is 0.727. The van der Waals surface area contributed by atoms with Crippen molar-refractivity contribution >= 4 is 17.5 Å². The zero-order chi connectivity index (χ0) is 18.5. The molecule has 1 heterocycles. The number of carbonyl (C=O) groups is 1. The fourth-order valence-electron chi connectivity index (χ4n) is 2.55. The molecule has 0 spiro atoms. The minimum absolute atomic E-state index is 0.265. The third-order valence-electron chi connectivity index (χ3n) is 4.03. The Morgan fingerprint density at radius 3 is 2.31 bits per heavy atom. The number of benzene rings is 2. The van der Waals surface area contributed by atoms with Crippen LogP contribution in [0.4, 0.5) is 16.0 Å². The molecule has 2 aromatic carbocycles. The van der Waals surface area contributed by atoms with E-state index in [-0.39, 0.29) is 18.3 Å². The van der Waals surface area contributed by atoms with Crippen LogP contribution >= 0.6 is 0 Å². The van der Waals surface area contributed by atoms with E-state index in [0.717, 1.165) is 16.8 Å². The van der Waals surface area contributed by atoms with E-state index in [4.69, 9.17) is 0 Å². The van der Waals surface area contributed by atoms with Crippen molar-refractivity contribution in [1.82, 2.24) is 9.97 Å². The summed E-state index contributed by atoms with van der Waals surface area (Å²) >= 11 is 0. The number of aromatic nitrogens is 2. The van der Waals surface area contributed by atoms with Crippen molar-refractivity contribution in [3.63, 3.8) is 0 Å². The van der Waals surface area contributed by atoms with Gasteiger partial charge in [-0.15, -0.1) is 0 Å². The van der Waals surface area contributed by atoms with Crippen LogP contribution in [0.15, 0.2) is 54.9 Å². The van der Waals surface area contributed by atoms with Crippen LogP contribution in [-0.2, 0) is 6.54 Å². The fraction of sp³-hybridized carbons (Fsp3) is 0.150.